The Morgan fingerprint density at radius 1 is 1.17 bits per heavy atom. The van der Waals surface area contributed by atoms with Crippen LogP contribution in [0.1, 0.15) is 55.1 Å². The van der Waals surface area contributed by atoms with Crippen LogP contribution in [0.2, 0.25) is 0 Å². The summed E-state index contributed by atoms with van der Waals surface area (Å²) in [5.41, 5.74) is 3.50. The van der Waals surface area contributed by atoms with Crippen molar-refractivity contribution in [1.82, 2.24) is 0 Å². The fourth-order valence-corrected chi connectivity index (χ4v) is 4.12. The van der Waals surface area contributed by atoms with Crippen molar-refractivity contribution in [2.24, 2.45) is 0 Å². The van der Waals surface area contributed by atoms with Gasteiger partial charge >= 0.3 is 0 Å². The minimum Gasteiger partial charge on any atom is -0.508 e. The van der Waals surface area contributed by atoms with Crippen LogP contribution in [0, 0.1) is 0 Å². The predicted octanol–water partition coefficient (Wildman–Crippen LogP) is 2.88. The van der Waals surface area contributed by atoms with Crippen LogP contribution in [-0.4, -0.2) is 17.6 Å². The number of carbonyl (C=O) groups is 1. The summed E-state index contributed by atoms with van der Waals surface area (Å²) in [7, 11) is 0. The Hall–Kier alpha value is -1.51. The van der Waals surface area contributed by atoms with Gasteiger partial charge in [0.25, 0.3) is 0 Å². The molecule has 0 spiro atoms. The molecular formula is C15H17NO2. The maximum Gasteiger partial charge on any atom is 0.227 e. The molecule has 1 aromatic carbocycles. The van der Waals surface area contributed by atoms with E-state index >= 15 is 0 Å². The van der Waals surface area contributed by atoms with Crippen LogP contribution in [0.5, 0.6) is 5.75 Å². The van der Waals surface area contributed by atoms with E-state index < -0.39 is 0 Å². The van der Waals surface area contributed by atoms with Gasteiger partial charge in [0, 0.05) is 24.2 Å². The van der Waals surface area contributed by atoms with Crippen LogP contribution in [0.25, 0.3) is 0 Å². The lowest BCUT2D eigenvalue weighted by molar-refractivity contribution is -0.117. The molecule has 3 nitrogen and oxygen atoms in total. The zero-order valence-electron chi connectivity index (χ0n) is 10.4. The molecule has 1 saturated heterocycles. The summed E-state index contributed by atoms with van der Waals surface area (Å²) in [4.78, 5) is 13.9. The van der Waals surface area contributed by atoms with Gasteiger partial charge in [-0.1, -0.05) is 0 Å². The highest BCUT2D eigenvalue weighted by Gasteiger charge is 2.42. The Morgan fingerprint density at radius 2 is 1.94 bits per heavy atom. The number of anilines is 1. The molecule has 2 unspecified atom stereocenters. The van der Waals surface area contributed by atoms with Crippen molar-refractivity contribution in [3.05, 3.63) is 23.3 Å². The van der Waals surface area contributed by atoms with Gasteiger partial charge < -0.3 is 10.0 Å². The fourth-order valence-electron chi connectivity index (χ4n) is 4.12. The van der Waals surface area contributed by atoms with Gasteiger partial charge in [-0.3, -0.25) is 4.79 Å². The highest BCUT2D eigenvalue weighted by molar-refractivity contribution is 5.96. The molecule has 2 atom stereocenters. The summed E-state index contributed by atoms with van der Waals surface area (Å²) in [6.07, 6.45) is 5.22. The number of hydrogen-bond donors (Lipinski definition) is 1. The number of carbonyl (C=O) groups excluding carboxylic acids is 1. The molecule has 3 heteroatoms. The molecule has 1 saturated carbocycles. The van der Waals surface area contributed by atoms with Crippen LogP contribution < -0.4 is 4.90 Å². The predicted molar refractivity (Wildman–Crippen MR) is 69.0 cm³/mol. The SMILES string of the molecule is O=C1CCCN1c1ccc(O)c2c1C1CCC2C1. The van der Waals surface area contributed by atoms with E-state index in [9.17, 15) is 9.90 Å². The molecule has 0 radical (unpaired) electrons. The third-order valence-corrected chi connectivity index (χ3v) is 4.85. The largest absolute Gasteiger partial charge is 0.508 e. The van der Waals surface area contributed by atoms with Crippen molar-refractivity contribution < 1.29 is 9.90 Å². The molecule has 18 heavy (non-hydrogen) atoms. The first kappa shape index (κ1) is 10.4. The molecule has 2 bridgehead atoms. The fraction of sp³-hybridized carbons (Fsp3) is 0.533. The quantitative estimate of drug-likeness (QED) is 0.824. The molecule has 1 aliphatic heterocycles. The number of rotatable bonds is 1. The number of fused-ring (bicyclic) bond motifs is 5. The van der Waals surface area contributed by atoms with E-state index in [0.717, 1.165) is 24.2 Å². The average molecular weight is 243 g/mol. The van der Waals surface area contributed by atoms with Crippen molar-refractivity contribution in [2.45, 2.75) is 43.9 Å². The van der Waals surface area contributed by atoms with Gasteiger partial charge in [-0.2, -0.15) is 0 Å². The molecule has 1 aromatic rings. The number of phenols is 1. The molecule has 94 valence electrons. The number of benzene rings is 1. The second-order valence-corrected chi connectivity index (χ2v) is 5.79. The van der Waals surface area contributed by atoms with Crippen molar-refractivity contribution in [2.75, 3.05) is 11.4 Å². The van der Waals surface area contributed by atoms with Gasteiger partial charge in [0.1, 0.15) is 5.75 Å². The zero-order valence-corrected chi connectivity index (χ0v) is 10.4. The first-order valence-corrected chi connectivity index (χ1v) is 6.92. The van der Waals surface area contributed by atoms with E-state index in [1.54, 1.807) is 6.07 Å². The molecule has 2 aliphatic carbocycles. The van der Waals surface area contributed by atoms with Crippen molar-refractivity contribution >= 4 is 11.6 Å². The molecule has 2 fully saturated rings. The highest BCUT2D eigenvalue weighted by Crippen LogP contribution is 2.58. The summed E-state index contributed by atoms with van der Waals surface area (Å²) >= 11 is 0. The normalized spacial score (nSPS) is 29.1. The van der Waals surface area contributed by atoms with E-state index in [4.69, 9.17) is 0 Å². The van der Waals surface area contributed by atoms with Crippen LogP contribution in [-0.2, 0) is 4.79 Å². The highest BCUT2D eigenvalue weighted by atomic mass is 16.3. The molecule has 3 aliphatic rings. The summed E-state index contributed by atoms with van der Waals surface area (Å²) < 4.78 is 0. The van der Waals surface area contributed by atoms with Gasteiger partial charge in [0.05, 0.1) is 0 Å². The Morgan fingerprint density at radius 3 is 2.67 bits per heavy atom. The summed E-state index contributed by atoms with van der Waals surface area (Å²) in [5.74, 6) is 1.78. The van der Waals surface area contributed by atoms with E-state index in [0.29, 0.717) is 24.0 Å². The lowest BCUT2D eigenvalue weighted by Gasteiger charge is -2.25. The molecule has 1 heterocycles. The Bertz CT molecular complexity index is 538. The number of phenolic OH excluding ortho intramolecular Hbond substituents is 1. The van der Waals surface area contributed by atoms with Crippen LogP contribution >= 0.6 is 0 Å². The molecular weight excluding hydrogens is 226 g/mol. The monoisotopic (exact) mass is 243 g/mol. The van der Waals surface area contributed by atoms with E-state index in [1.165, 1.54) is 24.8 Å². The van der Waals surface area contributed by atoms with Crippen molar-refractivity contribution in [3.8, 4) is 5.75 Å². The molecule has 1 amide bonds. The zero-order chi connectivity index (χ0) is 12.3. The maximum absolute atomic E-state index is 11.9. The van der Waals surface area contributed by atoms with Crippen LogP contribution in [0.4, 0.5) is 5.69 Å². The van der Waals surface area contributed by atoms with Crippen molar-refractivity contribution in [3.63, 3.8) is 0 Å². The first-order valence-electron chi connectivity index (χ1n) is 6.92. The Balaban J connectivity index is 1.88. The Kier molecular flexibility index (Phi) is 2.02. The van der Waals surface area contributed by atoms with E-state index in [-0.39, 0.29) is 5.91 Å². The summed E-state index contributed by atoms with van der Waals surface area (Å²) in [6, 6.07) is 3.72. The molecule has 0 aromatic heterocycles. The third kappa shape index (κ3) is 1.22. The Labute approximate surface area is 106 Å². The first-order chi connectivity index (χ1) is 8.75. The number of nitrogens with zero attached hydrogens (tertiary/aromatic N) is 1. The molecule has 1 N–H and O–H groups in total. The number of aromatic hydroxyl groups is 1. The lowest BCUT2D eigenvalue weighted by Crippen LogP contribution is -2.25. The second kappa shape index (κ2) is 3.50. The van der Waals surface area contributed by atoms with Gasteiger partial charge in [-0.15, -0.1) is 0 Å². The van der Waals surface area contributed by atoms with Gasteiger partial charge in [0.15, 0.2) is 0 Å². The molecule has 4 rings (SSSR count). The number of hydrogen-bond acceptors (Lipinski definition) is 2. The van der Waals surface area contributed by atoms with Gasteiger partial charge in [-0.25, -0.2) is 0 Å². The number of amides is 1. The van der Waals surface area contributed by atoms with Gasteiger partial charge in [0.2, 0.25) is 5.91 Å². The average Bonchev–Trinajstić information content (AvgIpc) is 3.05. The van der Waals surface area contributed by atoms with Crippen LogP contribution in [0.15, 0.2) is 12.1 Å². The van der Waals surface area contributed by atoms with E-state index in [1.807, 2.05) is 11.0 Å². The maximum atomic E-state index is 11.9. The lowest BCUT2D eigenvalue weighted by atomic mass is 9.89. The second-order valence-electron chi connectivity index (χ2n) is 5.79. The topological polar surface area (TPSA) is 40.5 Å². The summed E-state index contributed by atoms with van der Waals surface area (Å²) in [5, 5.41) is 10.1. The minimum absolute atomic E-state index is 0.241. The summed E-state index contributed by atoms with van der Waals surface area (Å²) in [6.45, 7) is 0.841. The smallest absolute Gasteiger partial charge is 0.227 e. The van der Waals surface area contributed by atoms with Crippen LogP contribution in [0.3, 0.4) is 0 Å². The van der Waals surface area contributed by atoms with E-state index in [2.05, 4.69) is 0 Å². The standard InChI is InChI=1S/C15H17NO2/c17-12-6-5-11(16-7-1-2-13(16)18)14-9-3-4-10(8-9)15(12)14/h5-6,9-10,17H,1-4,7-8H2. The van der Waals surface area contributed by atoms with Gasteiger partial charge in [-0.05, 0) is 55.2 Å². The minimum atomic E-state index is 0.241. The van der Waals surface area contributed by atoms with Crippen molar-refractivity contribution in [1.29, 1.82) is 0 Å². The third-order valence-electron chi connectivity index (χ3n) is 4.85.